The van der Waals surface area contributed by atoms with Gasteiger partial charge in [0.25, 0.3) is 0 Å². The molecule has 1 aromatic carbocycles. The van der Waals surface area contributed by atoms with Gasteiger partial charge in [0.05, 0.1) is 10.4 Å². The van der Waals surface area contributed by atoms with E-state index in [9.17, 15) is 8.42 Å². The summed E-state index contributed by atoms with van der Waals surface area (Å²) in [5, 5.41) is 10.7. The van der Waals surface area contributed by atoms with Crippen molar-refractivity contribution in [2.45, 2.75) is 37.1 Å². The summed E-state index contributed by atoms with van der Waals surface area (Å²) in [6, 6.07) is 7.11. The highest BCUT2D eigenvalue weighted by atomic mass is 32.2. The van der Waals surface area contributed by atoms with Crippen LogP contribution in [-0.2, 0) is 10.0 Å². The van der Waals surface area contributed by atoms with Crippen molar-refractivity contribution in [3.63, 3.8) is 0 Å². The molecule has 0 saturated heterocycles. The van der Waals surface area contributed by atoms with Gasteiger partial charge in [-0.1, -0.05) is 17.4 Å². The number of benzene rings is 1. The fourth-order valence-electron chi connectivity index (χ4n) is 2.50. The molecule has 120 valence electrons. The number of nitrogens with one attached hydrogen (secondary N) is 1. The summed E-state index contributed by atoms with van der Waals surface area (Å²) in [6.45, 7) is 3.82. The van der Waals surface area contributed by atoms with E-state index in [1.54, 1.807) is 12.1 Å². The van der Waals surface area contributed by atoms with Gasteiger partial charge < -0.3 is 0 Å². The largest absolute Gasteiger partial charge is 0.291 e. The van der Waals surface area contributed by atoms with Crippen LogP contribution < -0.4 is 4.72 Å². The lowest BCUT2D eigenvalue weighted by atomic mass is 10.2. The van der Waals surface area contributed by atoms with Crippen molar-refractivity contribution in [1.29, 1.82) is 0 Å². The van der Waals surface area contributed by atoms with Crippen molar-refractivity contribution in [1.82, 2.24) is 19.5 Å². The van der Waals surface area contributed by atoms with Crippen LogP contribution in [0.5, 0.6) is 0 Å². The minimum atomic E-state index is -3.51. The van der Waals surface area contributed by atoms with Crippen LogP contribution in [0.3, 0.4) is 0 Å². The maximum Gasteiger partial charge on any atom is 0.241 e. The summed E-state index contributed by atoms with van der Waals surface area (Å²) in [6.07, 6.45) is 3.65. The summed E-state index contributed by atoms with van der Waals surface area (Å²) in [4.78, 5) is 0.277. The number of nitrogens with zero attached hydrogens (tertiary/aromatic N) is 3. The van der Waals surface area contributed by atoms with E-state index in [2.05, 4.69) is 14.9 Å². The molecule has 2 aromatic heterocycles. The van der Waals surface area contributed by atoms with Crippen LogP contribution in [0.15, 0.2) is 35.4 Å². The van der Waals surface area contributed by atoms with Gasteiger partial charge in [0.1, 0.15) is 5.01 Å². The second kappa shape index (κ2) is 4.86. The first-order chi connectivity index (χ1) is 10.9. The topological polar surface area (TPSA) is 76.9 Å². The molecule has 4 rings (SSSR count). The van der Waals surface area contributed by atoms with Gasteiger partial charge in [0.2, 0.25) is 15.2 Å². The highest BCUT2D eigenvalue weighted by molar-refractivity contribution is 7.89. The maximum absolute atomic E-state index is 12.6. The Labute approximate surface area is 138 Å². The average molecular weight is 348 g/mol. The first-order valence-corrected chi connectivity index (χ1v) is 9.62. The van der Waals surface area contributed by atoms with Gasteiger partial charge in [-0.25, -0.2) is 13.1 Å². The normalized spacial score (nSPS) is 16.8. The van der Waals surface area contributed by atoms with E-state index < -0.39 is 10.0 Å². The Kier molecular flexibility index (Phi) is 3.13. The van der Waals surface area contributed by atoms with E-state index in [0.717, 1.165) is 33.9 Å². The molecule has 1 aliphatic carbocycles. The standard InChI is InChI=1S/C15H16N4O2S2/c1-10-16-17-14(22-10)19-8-5-11-3-4-12(9-13(11)19)23(20,21)18-15(2)6-7-15/h3-5,8-9,18H,6-7H2,1-2H3. The predicted molar refractivity (Wildman–Crippen MR) is 89.4 cm³/mol. The zero-order valence-corrected chi connectivity index (χ0v) is 14.4. The van der Waals surface area contributed by atoms with E-state index in [1.807, 2.05) is 36.7 Å². The van der Waals surface area contributed by atoms with E-state index in [0.29, 0.717) is 0 Å². The van der Waals surface area contributed by atoms with Crippen molar-refractivity contribution in [2.24, 2.45) is 0 Å². The first kappa shape index (κ1) is 14.8. The van der Waals surface area contributed by atoms with Gasteiger partial charge in [-0.2, -0.15) is 0 Å². The predicted octanol–water partition coefficient (Wildman–Crippen LogP) is 2.62. The van der Waals surface area contributed by atoms with Crippen molar-refractivity contribution < 1.29 is 8.42 Å². The van der Waals surface area contributed by atoms with Crippen LogP contribution in [-0.4, -0.2) is 28.7 Å². The maximum atomic E-state index is 12.6. The highest BCUT2D eigenvalue weighted by Crippen LogP contribution is 2.36. The Hall–Kier alpha value is -1.77. The van der Waals surface area contributed by atoms with E-state index in [-0.39, 0.29) is 10.4 Å². The number of hydrogen-bond donors (Lipinski definition) is 1. The van der Waals surface area contributed by atoms with Crippen LogP contribution >= 0.6 is 11.3 Å². The molecule has 0 amide bonds. The number of sulfonamides is 1. The molecule has 0 atom stereocenters. The zero-order chi connectivity index (χ0) is 16.2. The second-order valence-corrected chi connectivity index (χ2v) is 9.02. The smallest absolute Gasteiger partial charge is 0.241 e. The van der Waals surface area contributed by atoms with Crippen LogP contribution in [0.2, 0.25) is 0 Å². The van der Waals surface area contributed by atoms with E-state index in [4.69, 9.17) is 0 Å². The molecule has 0 bridgehead atoms. The van der Waals surface area contributed by atoms with Gasteiger partial charge in [0.15, 0.2) is 0 Å². The van der Waals surface area contributed by atoms with Crippen LogP contribution in [0, 0.1) is 6.92 Å². The fourth-order valence-corrected chi connectivity index (χ4v) is 4.67. The molecule has 3 aromatic rings. The molecule has 0 radical (unpaired) electrons. The lowest BCUT2D eigenvalue weighted by Crippen LogP contribution is -2.34. The molecule has 8 heteroatoms. The van der Waals surface area contributed by atoms with Gasteiger partial charge in [0, 0.05) is 17.1 Å². The average Bonchev–Trinajstić information content (AvgIpc) is 2.89. The third kappa shape index (κ3) is 2.66. The van der Waals surface area contributed by atoms with Gasteiger partial charge >= 0.3 is 0 Å². The summed E-state index contributed by atoms with van der Waals surface area (Å²) >= 11 is 1.47. The minimum absolute atomic E-state index is 0.277. The fraction of sp³-hybridized carbons (Fsp3) is 0.333. The molecule has 1 saturated carbocycles. The second-order valence-electron chi connectivity index (χ2n) is 6.18. The van der Waals surface area contributed by atoms with Crippen molar-refractivity contribution in [2.75, 3.05) is 0 Å². The van der Waals surface area contributed by atoms with Crippen molar-refractivity contribution >= 4 is 32.3 Å². The molecule has 1 aliphatic rings. The number of rotatable bonds is 4. The molecule has 23 heavy (non-hydrogen) atoms. The number of aromatic nitrogens is 3. The number of fused-ring (bicyclic) bond motifs is 1. The quantitative estimate of drug-likeness (QED) is 0.786. The molecule has 0 unspecified atom stereocenters. The molecule has 1 fully saturated rings. The Morgan fingerprint density at radius 2 is 2.04 bits per heavy atom. The van der Waals surface area contributed by atoms with Gasteiger partial charge in [-0.15, -0.1) is 10.2 Å². The van der Waals surface area contributed by atoms with Gasteiger partial charge in [-0.3, -0.25) is 4.57 Å². The molecule has 0 aliphatic heterocycles. The van der Waals surface area contributed by atoms with Gasteiger partial charge in [-0.05, 0) is 44.9 Å². The van der Waals surface area contributed by atoms with Crippen molar-refractivity contribution in [3.8, 4) is 5.13 Å². The minimum Gasteiger partial charge on any atom is -0.291 e. The first-order valence-electron chi connectivity index (χ1n) is 7.32. The zero-order valence-electron chi connectivity index (χ0n) is 12.8. The summed E-state index contributed by atoms with van der Waals surface area (Å²) < 4.78 is 29.8. The molecular formula is C15H16N4O2S2. The molecule has 2 heterocycles. The summed E-state index contributed by atoms with van der Waals surface area (Å²) in [5.41, 5.74) is 0.525. The third-order valence-electron chi connectivity index (χ3n) is 4.08. The molecular weight excluding hydrogens is 332 g/mol. The summed E-state index contributed by atoms with van der Waals surface area (Å²) in [7, 11) is -3.51. The lowest BCUT2D eigenvalue weighted by molar-refractivity contribution is 0.558. The third-order valence-corrected chi connectivity index (χ3v) is 6.55. The molecule has 1 N–H and O–H groups in total. The van der Waals surface area contributed by atoms with E-state index >= 15 is 0 Å². The Morgan fingerprint density at radius 3 is 2.70 bits per heavy atom. The molecule has 6 nitrogen and oxygen atoms in total. The lowest BCUT2D eigenvalue weighted by Gasteiger charge is -2.12. The van der Waals surface area contributed by atoms with Crippen LogP contribution in [0.25, 0.3) is 16.0 Å². The molecule has 0 spiro atoms. The summed E-state index contributed by atoms with van der Waals surface area (Å²) in [5.74, 6) is 0. The Balaban J connectivity index is 1.81. The van der Waals surface area contributed by atoms with Crippen LogP contribution in [0.4, 0.5) is 0 Å². The van der Waals surface area contributed by atoms with E-state index in [1.165, 1.54) is 11.3 Å². The SMILES string of the molecule is Cc1nnc(-n2ccc3ccc(S(=O)(=O)NC4(C)CC4)cc32)s1. The van der Waals surface area contributed by atoms with Crippen LogP contribution in [0.1, 0.15) is 24.8 Å². The number of aryl methyl sites for hydroxylation is 1. The number of hydrogen-bond acceptors (Lipinski definition) is 5. The Bertz CT molecular complexity index is 1000. The monoisotopic (exact) mass is 348 g/mol. The highest BCUT2D eigenvalue weighted by Gasteiger charge is 2.41. The van der Waals surface area contributed by atoms with Crippen molar-refractivity contribution in [3.05, 3.63) is 35.5 Å². The Morgan fingerprint density at radius 1 is 1.26 bits per heavy atom.